The molecule has 0 unspecified atom stereocenters. The van der Waals surface area contributed by atoms with Gasteiger partial charge in [-0.15, -0.1) is 0 Å². The van der Waals surface area contributed by atoms with Crippen LogP contribution in [0.3, 0.4) is 0 Å². The molecular formula is C14H14F3N3O2. The van der Waals surface area contributed by atoms with Gasteiger partial charge in [0.1, 0.15) is 0 Å². The number of carboxylic acid groups (broad SMARTS) is 1. The Morgan fingerprint density at radius 1 is 1.36 bits per heavy atom. The molecule has 0 spiro atoms. The summed E-state index contributed by atoms with van der Waals surface area (Å²) in [7, 11) is 1.43. The molecule has 2 aromatic rings. The Morgan fingerprint density at radius 3 is 2.73 bits per heavy atom. The van der Waals surface area contributed by atoms with Crippen LogP contribution in [0.15, 0.2) is 30.5 Å². The zero-order valence-electron chi connectivity index (χ0n) is 11.7. The fourth-order valence-corrected chi connectivity index (χ4v) is 2.06. The van der Waals surface area contributed by atoms with Gasteiger partial charge >= 0.3 is 12.1 Å². The molecule has 118 valence electrons. The number of alkyl halides is 3. The number of benzene rings is 1. The predicted molar refractivity (Wildman–Crippen MR) is 72.2 cm³/mol. The van der Waals surface area contributed by atoms with E-state index < -0.39 is 17.8 Å². The van der Waals surface area contributed by atoms with E-state index in [9.17, 15) is 18.0 Å². The minimum atomic E-state index is -4.50. The Balaban J connectivity index is 2.03. The zero-order chi connectivity index (χ0) is 16.3. The number of hydrogen-bond acceptors (Lipinski definition) is 3. The van der Waals surface area contributed by atoms with Gasteiger partial charge in [0.2, 0.25) is 0 Å². The maximum atomic E-state index is 12.8. The minimum Gasteiger partial charge on any atom is -0.478 e. The van der Waals surface area contributed by atoms with Crippen LogP contribution < -0.4 is 5.32 Å². The third-order valence-corrected chi connectivity index (χ3v) is 2.99. The number of carboxylic acids is 1. The minimum absolute atomic E-state index is 0.0139. The molecule has 1 heterocycles. The molecule has 0 bridgehead atoms. The molecule has 5 nitrogen and oxygen atoms in total. The van der Waals surface area contributed by atoms with E-state index in [0.717, 1.165) is 4.68 Å². The molecule has 1 aromatic heterocycles. The Hall–Kier alpha value is -2.35. The lowest BCUT2D eigenvalue weighted by Gasteiger charge is -2.08. The van der Waals surface area contributed by atoms with Crippen molar-refractivity contribution >= 4 is 5.97 Å². The highest BCUT2D eigenvalue weighted by Crippen LogP contribution is 2.30. The largest absolute Gasteiger partial charge is 0.478 e. The van der Waals surface area contributed by atoms with E-state index in [1.165, 1.54) is 25.4 Å². The molecule has 0 saturated carbocycles. The molecule has 8 heteroatoms. The number of aryl methyl sites for hydroxylation is 1. The molecule has 0 radical (unpaired) electrons. The number of nitrogens with zero attached hydrogens (tertiary/aromatic N) is 2. The Kier molecular flexibility index (Phi) is 4.51. The Labute approximate surface area is 124 Å². The number of aromatic nitrogens is 2. The number of hydrogen-bond donors (Lipinski definition) is 2. The second-order valence-electron chi connectivity index (χ2n) is 4.78. The lowest BCUT2D eigenvalue weighted by Crippen LogP contribution is -2.16. The van der Waals surface area contributed by atoms with Gasteiger partial charge in [0.05, 0.1) is 5.56 Å². The van der Waals surface area contributed by atoms with E-state index in [2.05, 4.69) is 10.4 Å². The summed E-state index contributed by atoms with van der Waals surface area (Å²) in [5, 5.41) is 15.2. The average Bonchev–Trinajstić information content (AvgIpc) is 2.80. The second kappa shape index (κ2) is 6.18. The third-order valence-electron chi connectivity index (χ3n) is 2.99. The van der Waals surface area contributed by atoms with Gasteiger partial charge in [-0.2, -0.15) is 18.3 Å². The summed E-state index contributed by atoms with van der Waals surface area (Å²) in [5.41, 5.74) is -0.0554. The number of halogens is 3. The monoisotopic (exact) mass is 313 g/mol. The summed E-state index contributed by atoms with van der Waals surface area (Å²) in [6, 6.07) is 6.22. The van der Waals surface area contributed by atoms with E-state index in [4.69, 9.17) is 5.11 Å². The van der Waals surface area contributed by atoms with Gasteiger partial charge in [-0.05, 0) is 17.7 Å². The quantitative estimate of drug-likeness (QED) is 0.889. The maximum Gasteiger partial charge on any atom is 0.435 e. The number of rotatable bonds is 5. The molecule has 22 heavy (non-hydrogen) atoms. The first-order chi connectivity index (χ1) is 10.3. The standard InChI is InChI=1S/C14H14F3N3O2/c1-20-8-11(12(19-20)14(15,16)17)7-18-6-9-3-2-4-10(5-9)13(21)22/h2-5,8,18H,6-7H2,1H3,(H,21,22). The van der Waals surface area contributed by atoms with Gasteiger partial charge in [-0.3, -0.25) is 4.68 Å². The Morgan fingerprint density at radius 2 is 2.09 bits per heavy atom. The zero-order valence-corrected chi connectivity index (χ0v) is 11.7. The van der Waals surface area contributed by atoms with Crippen molar-refractivity contribution in [1.82, 2.24) is 15.1 Å². The Bertz CT molecular complexity index is 680. The van der Waals surface area contributed by atoms with Gasteiger partial charge in [-0.25, -0.2) is 4.79 Å². The summed E-state index contributed by atoms with van der Waals surface area (Å²) >= 11 is 0. The molecule has 0 saturated heterocycles. The third kappa shape index (κ3) is 3.85. The highest BCUT2D eigenvalue weighted by molar-refractivity contribution is 5.87. The summed E-state index contributed by atoms with van der Waals surface area (Å²) in [4.78, 5) is 10.8. The van der Waals surface area contributed by atoms with Crippen LogP contribution in [0.4, 0.5) is 13.2 Å². The SMILES string of the molecule is Cn1cc(CNCc2cccc(C(=O)O)c2)c(C(F)(F)F)n1. The van der Waals surface area contributed by atoms with E-state index in [-0.39, 0.29) is 24.2 Å². The van der Waals surface area contributed by atoms with Gasteiger partial charge in [0.25, 0.3) is 0 Å². The van der Waals surface area contributed by atoms with Crippen molar-refractivity contribution in [2.24, 2.45) is 7.05 Å². The first-order valence-corrected chi connectivity index (χ1v) is 6.40. The summed E-state index contributed by atoms with van der Waals surface area (Å²) in [6.45, 7) is 0.243. The van der Waals surface area contributed by atoms with Gasteiger partial charge in [-0.1, -0.05) is 12.1 Å². The highest BCUT2D eigenvalue weighted by Gasteiger charge is 2.36. The number of carbonyl (C=O) groups is 1. The fraction of sp³-hybridized carbons (Fsp3) is 0.286. The molecule has 0 atom stereocenters. The second-order valence-corrected chi connectivity index (χ2v) is 4.78. The van der Waals surface area contributed by atoms with Crippen LogP contribution in [0.1, 0.15) is 27.2 Å². The number of nitrogens with one attached hydrogen (secondary N) is 1. The summed E-state index contributed by atoms with van der Waals surface area (Å²) in [5.74, 6) is -1.05. The van der Waals surface area contributed by atoms with Crippen molar-refractivity contribution < 1.29 is 23.1 Å². The molecule has 0 aliphatic carbocycles. The molecule has 0 aliphatic heterocycles. The van der Waals surface area contributed by atoms with E-state index in [0.29, 0.717) is 5.56 Å². The van der Waals surface area contributed by atoms with Crippen molar-refractivity contribution in [1.29, 1.82) is 0 Å². The molecule has 0 fully saturated rings. The van der Waals surface area contributed by atoms with Gasteiger partial charge < -0.3 is 10.4 Å². The average molecular weight is 313 g/mol. The normalized spacial score (nSPS) is 11.6. The van der Waals surface area contributed by atoms with Crippen molar-refractivity contribution in [2.75, 3.05) is 0 Å². The van der Waals surface area contributed by atoms with Crippen LogP contribution >= 0.6 is 0 Å². The first-order valence-electron chi connectivity index (χ1n) is 6.40. The molecular weight excluding hydrogens is 299 g/mol. The molecule has 0 aliphatic rings. The first kappa shape index (κ1) is 16.0. The molecule has 0 amide bonds. The topological polar surface area (TPSA) is 67.2 Å². The van der Waals surface area contributed by atoms with Crippen molar-refractivity contribution in [3.63, 3.8) is 0 Å². The molecule has 2 N–H and O–H groups in total. The van der Waals surface area contributed by atoms with Crippen LogP contribution in [0.25, 0.3) is 0 Å². The highest BCUT2D eigenvalue weighted by atomic mass is 19.4. The maximum absolute atomic E-state index is 12.8. The van der Waals surface area contributed by atoms with Crippen molar-refractivity contribution in [3.8, 4) is 0 Å². The fourth-order valence-electron chi connectivity index (χ4n) is 2.06. The van der Waals surface area contributed by atoms with Crippen LogP contribution in [-0.2, 0) is 26.3 Å². The van der Waals surface area contributed by atoms with E-state index in [1.807, 2.05) is 0 Å². The number of aromatic carboxylic acids is 1. The van der Waals surface area contributed by atoms with Gasteiger partial charge in [0, 0.05) is 31.9 Å². The van der Waals surface area contributed by atoms with Crippen LogP contribution in [0, 0.1) is 0 Å². The molecule has 1 aromatic carbocycles. The van der Waals surface area contributed by atoms with E-state index in [1.54, 1.807) is 12.1 Å². The van der Waals surface area contributed by atoms with Crippen LogP contribution in [0.2, 0.25) is 0 Å². The smallest absolute Gasteiger partial charge is 0.435 e. The van der Waals surface area contributed by atoms with Crippen molar-refractivity contribution in [3.05, 3.63) is 52.8 Å². The summed E-state index contributed by atoms with van der Waals surface area (Å²) < 4.78 is 39.5. The lowest BCUT2D eigenvalue weighted by atomic mass is 10.1. The van der Waals surface area contributed by atoms with Gasteiger partial charge in [0.15, 0.2) is 5.69 Å². The van der Waals surface area contributed by atoms with Crippen LogP contribution in [-0.4, -0.2) is 20.9 Å². The van der Waals surface area contributed by atoms with Crippen LogP contribution in [0.5, 0.6) is 0 Å². The predicted octanol–water partition coefficient (Wildman–Crippen LogP) is 2.43. The van der Waals surface area contributed by atoms with Crippen molar-refractivity contribution in [2.45, 2.75) is 19.3 Å². The lowest BCUT2D eigenvalue weighted by molar-refractivity contribution is -0.142. The summed E-state index contributed by atoms with van der Waals surface area (Å²) in [6.07, 6.45) is -3.19. The van der Waals surface area contributed by atoms with E-state index >= 15 is 0 Å². The molecule has 2 rings (SSSR count).